The van der Waals surface area contributed by atoms with Crippen LogP contribution in [0, 0.1) is 6.92 Å². The minimum absolute atomic E-state index is 0.509. The number of aryl methyl sites for hydroxylation is 2. The Kier molecular flexibility index (Phi) is 6.51. The van der Waals surface area contributed by atoms with Crippen LogP contribution in [0.15, 0.2) is 59.8 Å². The summed E-state index contributed by atoms with van der Waals surface area (Å²) in [6.07, 6.45) is 0.850. The van der Waals surface area contributed by atoms with Crippen LogP contribution in [0.1, 0.15) is 49.1 Å². The summed E-state index contributed by atoms with van der Waals surface area (Å²) in [6.45, 7) is 8.57. The van der Waals surface area contributed by atoms with Gasteiger partial charge in [-0.3, -0.25) is 0 Å². The molecule has 2 aromatic carbocycles. The fourth-order valence-electron chi connectivity index (χ4n) is 2.62. The molecule has 0 aliphatic rings. The zero-order chi connectivity index (χ0) is 19.2. The number of rotatable bonds is 7. The zero-order valence-electron chi connectivity index (χ0n) is 16.4. The summed E-state index contributed by atoms with van der Waals surface area (Å²) in [7, 11) is 0. The summed E-state index contributed by atoms with van der Waals surface area (Å²) in [5.74, 6) is 2.76. The first-order chi connectivity index (χ1) is 13.0. The van der Waals surface area contributed by atoms with Crippen LogP contribution in [0.4, 0.5) is 0 Å². The number of hydrogen-bond acceptors (Lipinski definition) is 4. The fraction of sp³-hybridized carbons (Fsp3) is 0.304. The lowest BCUT2D eigenvalue weighted by Crippen LogP contribution is -1.97. The first kappa shape index (κ1) is 19.4. The molecule has 0 atom stereocenters. The van der Waals surface area contributed by atoms with Gasteiger partial charge in [-0.1, -0.05) is 74.5 Å². The molecule has 0 fully saturated rings. The van der Waals surface area contributed by atoms with Gasteiger partial charge in [0.1, 0.15) is 5.75 Å². The molecule has 1 aromatic heterocycles. The molecule has 0 radical (unpaired) electrons. The van der Waals surface area contributed by atoms with Crippen molar-refractivity contribution in [3.8, 4) is 11.6 Å². The van der Waals surface area contributed by atoms with Crippen LogP contribution < -0.4 is 4.74 Å². The predicted molar refractivity (Wildman–Crippen MR) is 113 cm³/mol. The Balaban J connectivity index is 1.73. The summed E-state index contributed by atoms with van der Waals surface area (Å²) >= 11 is 1.64. The van der Waals surface area contributed by atoms with Gasteiger partial charge < -0.3 is 4.74 Å². The molecule has 3 nitrogen and oxygen atoms in total. The molecule has 0 bridgehead atoms. The van der Waals surface area contributed by atoms with Crippen molar-refractivity contribution in [2.75, 3.05) is 0 Å². The number of benzene rings is 2. The van der Waals surface area contributed by atoms with E-state index in [9.17, 15) is 0 Å². The van der Waals surface area contributed by atoms with Crippen molar-refractivity contribution in [3.05, 3.63) is 77.0 Å². The SMILES string of the molecule is CCc1cc(Oc2ccc(C(C)C)cc2)nc(SCc2ccc(C)cc2)n1. The number of ether oxygens (including phenoxy) is 1. The lowest BCUT2D eigenvalue weighted by atomic mass is 10.0. The van der Waals surface area contributed by atoms with Gasteiger partial charge in [-0.25, -0.2) is 4.98 Å². The van der Waals surface area contributed by atoms with Crippen LogP contribution in [-0.4, -0.2) is 9.97 Å². The number of thioether (sulfide) groups is 1. The van der Waals surface area contributed by atoms with Crippen molar-refractivity contribution in [3.63, 3.8) is 0 Å². The summed E-state index contributed by atoms with van der Waals surface area (Å²) in [5.41, 5.74) is 4.83. The Morgan fingerprint density at radius 3 is 2.30 bits per heavy atom. The van der Waals surface area contributed by atoms with E-state index in [0.29, 0.717) is 11.8 Å². The van der Waals surface area contributed by atoms with Gasteiger partial charge in [0.25, 0.3) is 0 Å². The van der Waals surface area contributed by atoms with E-state index in [1.165, 1.54) is 16.7 Å². The molecule has 0 N–H and O–H groups in total. The minimum atomic E-state index is 0.509. The summed E-state index contributed by atoms with van der Waals surface area (Å²) < 4.78 is 6.00. The molecule has 3 rings (SSSR count). The maximum absolute atomic E-state index is 6.00. The molecule has 0 saturated carbocycles. The maximum Gasteiger partial charge on any atom is 0.223 e. The molecule has 0 spiro atoms. The highest BCUT2D eigenvalue weighted by molar-refractivity contribution is 7.98. The van der Waals surface area contributed by atoms with E-state index >= 15 is 0 Å². The van der Waals surface area contributed by atoms with Crippen molar-refractivity contribution in [2.45, 2.75) is 50.9 Å². The van der Waals surface area contributed by atoms with Gasteiger partial charge >= 0.3 is 0 Å². The largest absolute Gasteiger partial charge is 0.439 e. The standard InChI is InChI=1S/C23H26N2OS/c1-5-20-14-22(26-21-12-10-19(11-13-21)16(2)3)25-23(24-20)27-15-18-8-6-17(4)7-9-18/h6-14,16H,5,15H2,1-4H3. The van der Waals surface area contributed by atoms with Gasteiger partial charge in [0.05, 0.1) is 0 Å². The van der Waals surface area contributed by atoms with Crippen LogP contribution in [-0.2, 0) is 12.2 Å². The molecule has 1 heterocycles. The molecule has 0 aliphatic carbocycles. The summed E-state index contributed by atoms with van der Waals surface area (Å²) in [6, 6.07) is 18.7. The van der Waals surface area contributed by atoms with Gasteiger partial charge in [0.2, 0.25) is 5.88 Å². The molecular formula is C23H26N2OS. The molecule has 3 aromatic rings. The lowest BCUT2D eigenvalue weighted by Gasteiger charge is -2.10. The molecule has 27 heavy (non-hydrogen) atoms. The highest BCUT2D eigenvalue weighted by atomic mass is 32.2. The Morgan fingerprint density at radius 2 is 1.67 bits per heavy atom. The summed E-state index contributed by atoms with van der Waals surface area (Å²) in [5, 5.41) is 0.753. The van der Waals surface area contributed by atoms with Crippen molar-refractivity contribution in [1.29, 1.82) is 0 Å². The quantitative estimate of drug-likeness (QED) is 0.345. The van der Waals surface area contributed by atoms with E-state index in [4.69, 9.17) is 4.74 Å². The van der Waals surface area contributed by atoms with Crippen molar-refractivity contribution < 1.29 is 4.74 Å². The zero-order valence-corrected chi connectivity index (χ0v) is 17.2. The predicted octanol–water partition coefficient (Wildman–Crippen LogP) is 6.56. The van der Waals surface area contributed by atoms with Crippen LogP contribution in [0.25, 0.3) is 0 Å². The van der Waals surface area contributed by atoms with E-state index in [1.807, 2.05) is 18.2 Å². The molecule has 0 amide bonds. The molecule has 4 heteroatoms. The van der Waals surface area contributed by atoms with E-state index in [0.717, 1.165) is 28.8 Å². The first-order valence-corrected chi connectivity index (χ1v) is 10.4. The van der Waals surface area contributed by atoms with Gasteiger partial charge in [0.15, 0.2) is 5.16 Å². The highest BCUT2D eigenvalue weighted by Gasteiger charge is 2.08. The lowest BCUT2D eigenvalue weighted by molar-refractivity contribution is 0.453. The Bertz CT molecular complexity index is 874. The molecule has 140 valence electrons. The minimum Gasteiger partial charge on any atom is -0.439 e. The van der Waals surface area contributed by atoms with E-state index < -0.39 is 0 Å². The normalized spacial score (nSPS) is 11.0. The second kappa shape index (κ2) is 9.05. The third-order valence-electron chi connectivity index (χ3n) is 4.36. The van der Waals surface area contributed by atoms with E-state index in [-0.39, 0.29) is 0 Å². The average molecular weight is 379 g/mol. The third kappa shape index (κ3) is 5.57. The van der Waals surface area contributed by atoms with Gasteiger partial charge in [-0.15, -0.1) is 0 Å². The van der Waals surface area contributed by atoms with Gasteiger partial charge in [-0.2, -0.15) is 4.98 Å². The summed E-state index contributed by atoms with van der Waals surface area (Å²) in [4.78, 5) is 9.23. The van der Waals surface area contributed by atoms with Crippen LogP contribution in [0.3, 0.4) is 0 Å². The number of aromatic nitrogens is 2. The highest BCUT2D eigenvalue weighted by Crippen LogP contribution is 2.26. The topological polar surface area (TPSA) is 35.0 Å². The number of hydrogen-bond donors (Lipinski definition) is 0. The molecule has 0 saturated heterocycles. The van der Waals surface area contributed by atoms with Gasteiger partial charge in [0, 0.05) is 17.5 Å². The molecule has 0 unspecified atom stereocenters. The molecule has 0 aliphatic heterocycles. The smallest absolute Gasteiger partial charge is 0.223 e. The van der Waals surface area contributed by atoms with Crippen LogP contribution in [0.2, 0.25) is 0 Å². The first-order valence-electron chi connectivity index (χ1n) is 9.37. The van der Waals surface area contributed by atoms with Gasteiger partial charge in [-0.05, 0) is 42.5 Å². The number of nitrogens with zero attached hydrogens (tertiary/aromatic N) is 2. The second-order valence-corrected chi connectivity index (χ2v) is 7.88. The maximum atomic E-state index is 6.00. The van der Waals surface area contributed by atoms with Crippen molar-refractivity contribution in [1.82, 2.24) is 9.97 Å². The van der Waals surface area contributed by atoms with Crippen LogP contribution in [0.5, 0.6) is 11.6 Å². The Morgan fingerprint density at radius 1 is 0.963 bits per heavy atom. The molecular weight excluding hydrogens is 352 g/mol. The van der Waals surface area contributed by atoms with Crippen LogP contribution >= 0.6 is 11.8 Å². The van der Waals surface area contributed by atoms with E-state index in [2.05, 4.69) is 74.1 Å². The van der Waals surface area contributed by atoms with Crippen molar-refractivity contribution >= 4 is 11.8 Å². The second-order valence-electron chi connectivity index (χ2n) is 6.93. The fourth-order valence-corrected chi connectivity index (χ4v) is 3.45. The third-order valence-corrected chi connectivity index (χ3v) is 5.27. The average Bonchev–Trinajstić information content (AvgIpc) is 2.68. The Labute approximate surface area is 166 Å². The Hall–Kier alpha value is -2.33. The van der Waals surface area contributed by atoms with Crippen molar-refractivity contribution in [2.24, 2.45) is 0 Å². The monoisotopic (exact) mass is 378 g/mol. The van der Waals surface area contributed by atoms with E-state index in [1.54, 1.807) is 11.8 Å².